The van der Waals surface area contributed by atoms with E-state index in [0.717, 1.165) is 50.8 Å². The van der Waals surface area contributed by atoms with Gasteiger partial charge in [-0.2, -0.15) is 13.2 Å². The number of halogens is 3. The van der Waals surface area contributed by atoms with Crippen molar-refractivity contribution in [3.05, 3.63) is 36.0 Å². The van der Waals surface area contributed by atoms with Gasteiger partial charge >= 0.3 is 6.18 Å². The number of alkyl halides is 3. The summed E-state index contributed by atoms with van der Waals surface area (Å²) in [7, 11) is 0. The summed E-state index contributed by atoms with van der Waals surface area (Å²) in [4.78, 5) is 6.23. The Kier molecular flexibility index (Phi) is 5.42. The molecule has 2 aliphatic heterocycles. The van der Waals surface area contributed by atoms with Crippen LogP contribution < -0.4 is 10.2 Å². The maximum atomic E-state index is 13.2. The Labute approximate surface area is 152 Å². The molecular weight excluding hydrogens is 339 g/mol. The molecule has 2 saturated heterocycles. The topological polar surface area (TPSA) is 28.2 Å². The van der Waals surface area contributed by atoms with Gasteiger partial charge in [0.15, 0.2) is 0 Å². The first-order valence-corrected chi connectivity index (χ1v) is 9.39. The highest BCUT2D eigenvalue weighted by Crippen LogP contribution is 2.41. The fourth-order valence-electron chi connectivity index (χ4n) is 4.11. The molecule has 2 aliphatic rings. The summed E-state index contributed by atoms with van der Waals surface area (Å²) in [6.07, 6.45) is 0.489. The molecule has 0 aliphatic carbocycles. The van der Waals surface area contributed by atoms with Crippen LogP contribution in [0.3, 0.4) is 0 Å². The molecule has 26 heavy (non-hydrogen) atoms. The molecule has 0 atom stereocenters. The van der Waals surface area contributed by atoms with Crippen molar-refractivity contribution in [2.24, 2.45) is 5.41 Å². The molecule has 1 N–H and O–H groups in total. The Morgan fingerprint density at radius 3 is 2.42 bits per heavy atom. The van der Waals surface area contributed by atoms with Gasteiger partial charge in [-0.3, -0.25) is 4.98 Å². The van der Waals surface area contributed by atoms with Crippen molar-refractivity contribution in [3.8, 4) is 0 Å². The molecule has 0 radical (unpaired) electrons. The fraction of sp³-hybridized carbons (Fsp3) is 0.550. The predicted molar refractivity (Wildman–Crippen MR) is 99.5 cm³/mol. The van der Waals surface area contributed by atoms with Gasteiger partial charge in [-0.15, -0.1) is 0 Å². The molecule has 1 aromatic carbocycles. The number of para-hydroxylation sites is 1. The maximum Gasteiger partial charge on any atom is 0.418 e. The summed E-state index contributed by atoms with van der Waals surface area (Å²) >= 11 is 0. The summed E-state index contributed by atoms with van der Waals surface area (Å²) < 4.78 is 39.7. The zero-order valence-corrected chi connectivity index (χ0v) is 15.4. The molecule has 2 aromatic rings. The van der Waals surface area contributed by atoms with Gasteiger partial charge in [-0.1, -0.05) is 26.0 Å². The molecule has 0 saturated carbocycles. The third kappa shape index (κ3) is 3.52. The van der Waals surface area contributed by atoms with Gasteiger partial charge in [-0.25, -0.2) is 0 Å². The molecule has 0 unspecified atom stereocenters. The van der Waals surface area contributed by atoms with Gasteiger partial charge in [0.05, 0.1) is 11.1 Å². The molecule has 3 heterocycles. The van der Waals surface area contributed by atoms with Crippen LogP contribution >= 0.6 is 0 Å². The summed E-state index contributed by atoms with van der Waals surface area (Å²) in [5, 5.41) is 4.03. The third-order valence-electron chi connectivity index (χ3n) is 5.55. The lowest BCUT2D eigenvalue weighted by atomic mass is 9.77. The largest absolute Gasteiger partial charge is 0.418 e. The van der Waals surface area contributed by atoms with Gasteiger partial charge < -0.3 is 10.2 Å². The highest BCUT2D eigenvalue weighted by molar-refractivity contribution is 5.93. The quantitative estimate of drug-likeness (QED) is 0.782. The van der Waals surface area contributed by atoms with Crippen LogP contribution in [0.5, 0.6) is 0 Å². The molecule has 142 valence electrons. The number of nitrogens with zero attached hydrogens (tertiary/aromatic N) is 2. The van der Waals surface area contributed by atoms with Crippen LogP contribution in [-0.4, -0.2) is 31.2 Å². The molecule has 6 heteroatoms. The van der Waals surface area contributed by atoms with E-state index in [-0.39, 0.29) is 5.52 Å². The first kappa shape index (κ1) is 19.0. The van der Waals surface area contributed by atoms with Crippen molar-refractivity contribution in [1.29, 1.82) is 0 Å². The number of nitrogens with one attached hydrogen (secondary N) is 1. The van der Waals surface area contributed by atoms with Crippen LogP contribution in [0, 0.1) is 5.41 Å². The van der Waals surface area contributed by atoms with Gasteiger partial charge in [0.25, 0.3) is 0 Å². The van der Waals surface area contributed by atoms with Crippen molar-refractivity contribution in [3.63, 3.8) is 0 Å². The normalized spacial score (nSPS) is 19.5. The third-order valence-corrected chi connectivity index (χ3v) is 5.55. The minimum absolute atomic E-state index is 0.0466. The summed E-state index contributed by atoms with van der Waals surface area (Å²) in [5.41, 5.74) is 0.642. The predicted octanol–water partition coefficient (Wildman–Crippen LogP) is 4.86. The van der Waals surface area contributed by atoms with E-state index < -0.39 is 11.7 Å². The molecule has 3 nitrogen and oxygen atoms in total. The van der Waals surface area contributed by atoms with Gasteiger partial charge in [0.1, 0.15) is 0 Å². The average molecular weight is 365 g/mol. The number of aromatic nitrogens is 1. The molecule has 1 aromatic heterocycles. The van der Waals surface area contributed by atoms with E-state index in [0.29, 0.717) is 10.8 Å². The monoisotopic (exact) mass is 365 g/mol. The molecule has 0 amide bonds. The van der Waals surface area contributed by atoms with Crippen molar-refractivity contribution in [1.82, 2.24) is 10.3 Å². The van der Waals surface area contributed by atoms with E-state index >= 15 is 0 Å². The number of anilines is 1. The van der Waals surface area contributed by atoms with Crippen LogP contribution in [0.2, 0.25) is 0 Å². The first-order chi connectivity index (χ1) is 12.5. The number of benzene rings is 1. The van der Waals surface area contributed by atoms with Gasteiger partial charge in [0, 0.05) is 36.9 Å². The van der Waals surface area contributed by atoms with Crippen LogP contribution in [0.4, 0.5) is 18.9 Å². The highest BCUT2D eigenvalue weighted by Gasteiger charge is 2.38. The van der Waals surface area contributed by atoms with E-state index in [4.69, 9.17) is 0 Å². The zero-order chi connectivity index (χ0) is 18.8. The van der Waals surface area contributed by atoms with Crippen molar-refractivity contribution in [2.75, 3.05) is 31.1 Å². The lowest BCUT2D eigenvalue weighted by Crippen LogP contribution is -2.41. The lowest BCUT2D eigenvalue weighted by molar-refractivity contribution is -0.136. The second-order valence-corrected chi connectivity index (χ2v) is 6.94. The Bertz CT molecular complexity index is 742. The molecule has 1 spiro atoms. The van der Waals surface area contributed by atoms with Gasteiger partial charge in [-0.05, 0) is 43.4 Å². The van der Waals surface area contributed by atoms with E-state index in [1.54, 1.807) is 6.07 Å². The number of rotatable bonds is 1. The standard InChI is InChI=1S/C18H20F3N3.C2H6/c19-18(20,21)14-3-1-2-13-15(4-8-23-16(13)14)24-10-6-17(7-11-24)5-9-22-12-17;1-2/h1-4,8,22H,5-7,9-12H2;1-2H3. The zero-order valence-electron chi connectivity index (χ0n) is 15.4. The molecule has 2 fully saturated rings. The van der Waals surface area contributed by atoms with Crippen molar-refractivity contribution < 1.29 is 13.2 Å². The SMILES string of the molecule is CC.FC(F)(F)c1cccc2c(N3CCC4(CCNC4)CC3)ccnc12. The van der Waals surface area contributed by atoms with Crippen molar-refractivity contribution >= 4 is 16.6 Å². The Hall–Kier alpha value is -1.82. The summed E-state index contributed by atoms with van der Waals surface area (Å²) in [6.45, 7) is 7.91. The minimum atomic E-state index is -4.38. The number of fused-ring (bicyclic) bond motifs is 1. The van der Waals surface area contributed by atoms with E-state index in [1.165, 1.54) is 18.7 Å². The van der Waals surface area contributed by atoms with Crippen LogP contribution in [0.25, 0.3) is 10.9 Å². The van der Waals surface area contributed by atoms with Gasteiger partial charge in [0.2, 0.25) is 0 Å². The smallest absolute Gasteiger partial charge is 0.371 e. The van der Waals surface area contributed by atoms with Crippen LogP contribution in [0.15, 0.2) is 30.5 Å². The number of hydrogen-bond acceptors (Lipinski definition) is 3. The number of pyridine rings is 1. The highest BCUT2D eigenvalue weighted by atomic mass is 19.4. The van der Waals surface area contributed by atoms with E-state index in [1.807, 2.05) is 19.9 Å². The Morgan fingerprint density at radius 1 is 1.08 bits per heavy atom. The number of piperidine rings is 1. The lowest BCUT2D eigenvalue weighted by Gasteiger charge is -2.40. The summed E-state index contributed by atoms with van der Waals surface area (Å²) in [6, 6.07) is 6.17. The maximum absolute atomic E-state index is 13.2. The summed E-state index contributed by atoms with van der Waals surface area (Å²) in [5.74, 6) is 0. The second-order valence-electron chi connectivity index (χ2n) is 6.94. The average Bonchev–Trinajstić information content (AvgIpc) is 3.10. The molecule has 4 rings (SSSR count). The Balaban J connectivity index is 0.000000948. The minimum Gasteiger partial charge on any atom is -0.371 e. The molecular formula is C20H26F3N3. The van der Waals surface area contributed by atoms with Crippen LogP contribution in [-0.2, 0) is 6.18 Å². The Morgan fingerprint density at radius 2 is 1.81 bits per heavy atom. The first-order valence-electron chi connectivity index (χ1n) is 9.39. The van der Waals surface area contributed by atoms with Crippen molar-refractivity contribution in [2.45, 2.75) is 39.3 Å². The molecule has 0 bridgehead atoms. The van der Waals surface area contributed by atoms with E-state index in [9.17, 15) is 13.2 Å². The van der Waals surface area contributed by atoms with E-state index in [2.05, 4.69) is 15.2 Å². The number of hydrogen-bond donors (Lipinski definition) is 1. The van der Waals surface area contributed by atoms with Crippen LogP contribution in [0.1, 0.15) is 38.7 Å². The fourth-order valence-corrected chi connectivity index (χ4v) is 4.11. The second kappa shape index (κ2) is 7.43.